The quantitative estimate of drug-likeness (QED) is 0.821. The molecule has 1 rings (SSSR count). The minimum atomic E-state index is 0.179. The van der Waals surface area contributed by atoms with E-state index in [1.165, 1.54) is 11.5 Å². The van der Waals surface area contributed by atoms with Gasteiger partial charge in [-0.05, 0) is 20.8 Å². The minimum Gasteiger partial charge on any atom is -0.360 e. The van der Waals surface area contributed by atoms with Gasteiger partial charge >= 0.3 is 0 Å². The third-order valence-corrected chi connectivity index (χ3v) is 3.02. The van der Waals surface area contributed by atoms with E-state index in [0.717, 1.165) is 24.0 Å². The van der Waals surface area contributed by atoms with E-state index >= 15 is 0 Å². The molecular formula is C10H18N4OS. The Hall–Kier alpha value is -1.17. The highest BCUT2D eigenvalue weighted by Gasteiger charge is 2.08. The summed E-state index contributed by atoms with van der Waals surface area (Å²) in [6, 6.07) is 0. The Kier molecular flexibility index (Phi) is 5.18. The third kappa shape index (κ3) is 3.77. The van der Waals surface area contributed by atoms with E-state index in [9.17, 15) is 4.79 Å². The molecule has 0 saturated carbocycles. The van der Waals surface area contributed by atoms with Crippen LogP contribution in [-0.2, 0) is 4.79 Å². The number of aromatic nitrogens is 2. The predicted octanol–water partition coefficient (Wildman–Crippen LogP) is 1.52. The number of aryl methyl sites for hydroxylation is 1. The third-order valence-electron chi connectivity index (χ3n) is 2.26. The Morgan fingerprint density at radius 1 is 1.44 bits per heavy atom. The molecule has 0 atom stereocenters. The first-order chi connectivity index (χ1) is 7.67. The maximum atomic E-state index is 11.7. The first-order valence-corrected chi connectivity index (χ1v) is 6.26. The van der Waals surface area contributed by atoms with Gasteiger partial charge in [-0.1, -0.05) is 0 Å². The molecule has 0 aromatic carbocycles. The normalized spacial score (nSPS) is 10.2. The summed E-state index contributed by atoms with van der Waals surface area (Å²) in [5.74, 6) is 0.946. The Balaban J connectivity index is 2.27. The van der Waals surface area contributed by atoms with Crippen molar-refractivity contribution >= 4 is 22.6 Å². The van der Waals surface area contributed by atoms with E-state index in [4.69, 9.17) is 0 Å². The predicted molar refractivity (Wildman–Crippen MR) is 65.7 cm³/mol. The highest BCUT2D eigenvalue weighted by atomic mass is 32.1. The molecule has 0 unspecified atom stereocenters. The summed E-state index contributed by atoms with van der Waals surface area (Å²) in [5, 5.41) is 3.88. The van der Waals surface area contributed by atoms with E-state index < -0.39 is 0 Å². The molecule has 0 fully saturated rings. The molecular weight excluding hydrogens is 224 g/mol. The van der Waals surface area contributed by atoms with E-state index in [0.29, 0.717) is 13.0 Å². The van der Waals surface area contributed by atoms with Crippen LogP contribution in [0.3, 0.4) is 0 Å². The highest BCUT2D eigenvalue weighted by molar-refractivity contribution is 7.09. The van der Waals surface area contributed by atoms with Gasteiger partial charge in [-0.2, -0.15) is 4.37 Å². The van der Waals surface area contributed by atoms with Crippen LogP contribution in [-0.4, -0.2) is 39.8 Å². The van der Waals surface area contributed by atoms with Crippen LogP contribution in [0.5, 0.6) is 0 Å². The number of carbonyl (C=O) groups excluding carboxylic acids is 1. The first-order valence-electron chi connectivity index (χ1n) is 5.49. The molecule has 16 heavy (non-hydrogen) atoms. The molecule has 0 spiro atoms. The topological polar surface area (TPSA) is 58.1 Å². The van der Waals surface area contributed by atoms with Crippen molar-refractivity contribution in [2.24, 2.45) is 0 Å². The fourth-order valence-corrected chi connectivity index (χ4v) is 1.98. The number of nitrogens with zero attached hydrogens (tertiary/aromatic N) is 3. The molecule has 0 aliphatic carbocycles. The molecule has 1 amide bonds. The van der Waals surface area contributed by atoms with Gasteiger partial charge in [-0.3, -0.25) is 4.79 Å². The van der Waals surface area contributed by atoms with Crippen molar-refractivity contribution < 1.29 is 4.79 Å². The van der Waals surface area contributed by atoms with Gasteiger partial charge in [0.25, 0.3) is 0 Å². The van der Waals surface area contributed by atoms with Crippen LogP contribution in [0.15, 0.2) is 0 Å². The summed E-state index contributed by atoms with van der Waals surface area (Å²) < 4.78 is 4.05. The van der Waals surface area contributed by atoms with Crippen molar-refractivity contribution in [3.05, 3.63) is 5.82 Å². The van der Waals surface area contributed by atoms with Crippen LogP contribution in [0.2, 0.25) is 0 Å². The molecule has 1 aromatic heterocycles. The average Bonchev–Trinajstić information content (AvgIpc) is 2.66. The molecule has 5 nitrogen and oxygen atoms in total. The summed E-state index contributed by atoms with van der Waals surface area (Å²) in [6.45, 7) is 7.99. The van der Waals surface area contributed by atoms with E-state index in [-0.39, 0.29) is 5.91 Å². The van der Waals surface area contributed by atoms with E-state index in [1.807, 2.05) is 25.7 Å². The van der Waals surface area contributed by atoms with Crippen LogP contribution in [0, 0.1) is 6.92 Å². The van der Waals surface area contributed by atoms with Crippen LogP contribution in [0.25, 0.3) is 0 Å². The van der Waals surface area contributed by atoms with Gasteiger partial charge in [-0.15, -0.1) is 0 Å². The number of nitrogens with one attached hydrogen (secondary N) is 1. The van der Waals surface area contributed by atoms with Gasteiger partial charge in [0.05, 0.1) is 0 Å². The maximum Gasteiger partial charge on any atom is 0.224 e. The average molecular weight is 242 g/mol. The summed E-state index contributed by atoms with van der Waals surface area (Å²) in [5.41, 5.74) is 0. The summed E-state index contributed by atoms with van der Waals surface area (Å²) in [6.07, 6.45) is 0.500. The lowest BCUT2D eigenvalue weighted by Gasteiger charge is -2.18. The molecule has 0 bridgehead atoms. The maximum absolute atomic E-state index is 11.7. The van der Waals surface area contributed by atoms with Crippen molar-refractivity contribution in [1.82, 2.24) is 14.3 Å². The second-order valence-corrected chi connectivity index (χ2v) is 4.14. The van der Waals surface area contributed by atoms with Crippen LogP contribution < -0.4 is 5.32 Å². The first kappa shape index (κ1) is 12.9. The van der Waals surface area contributed by atoms with Crippen LogP contribution in [0.4, 0.5) is 5.13 Å². The van der Waals surface area contributed by atoms with Gasteiger partial charge in [0.2, 0.25) is 11.0 Å². The van der Waals surface area contributed by atoms with Gasteiger partial charge < -0.3 is 10.2 Å². The van der Waals surface area contributed by atoms with Gasteiger partial charge in [0.1, 0.15) is 5.82 Å². The van der Waals surface area contributed by atoms with Crippen molar-refractivity contribution in [2.45, 2.75) is 27.2 Å². The molecule has 0 saturated heterocycles. The summed E-state index contributed by atoms with van der Waals surface area (Å²) >= 11 is 1.32. The molecule has 0 aliphatic heterocycles. The molecule has 6 heteroatoms. The van der Waals surface area contributed by atoms with Gasteiger partial charge in [0, 0.05) is 37.6 Å². The Labute approximate surface area is 100 Å². The lowest BCUT2D eigenvalue weighted by molar-refractivity contribution is -0.130. The molecule has 1 aromatic rings. The van der Waals surface area contributed by atoms with Crippen molar-refractivity contribution in [3.63, 3.8) is 0 Å². The molecule has 1 heterocycles. The lowest BCUT2D eigenvalue weighted by atomic mass is 10.3. The lowest BCUT2D eigenvalue weighted by Crippen LogP contribution is -2.31. The number of carbonyl (C=O) groups is 1. The zero-order chi connectivity index (χ0) is 12.0. The SMILES string of the molecule is CCN(CC)C(=O)CCNc1nc(C)ns1. The summed E-state index contributed by atoms with van der Waals surface area (Å²) in [7, 11) is 0. The Bertz CT molecular complexity index is 335. The number of hydrogen-bond donors (Lipinski definition) is 1. The summed E-state index contributed by atoms with van der Waals surface area (Å²) in [4.78, 5) is 17.6. The molecule has 0 aliphatic rings. The van der Waals surface area contributed by atoms with E-state index in [1.54, 1.807) is 0 Å². The molecule has 0 radical (unpaired) electrons. The van der Waals surface area contributed by atoms with Crippen molar-refractivity contribution in [1.29, 1.82) is 0 Å². The second kappa shape index (κ2) is 6.42. The minimum absolute atomic E-state index is 0.179. The van der Waals surface area contributed by atoms with E-state index in [2.05, 4.69) is 14.7 Å². The zero-order valence-electron chi connectivity index (χ0n) is 9.99. The molecule has 90 valence electrons. The Morgan fingerprint density at radius 2 is 2.12 bits per heavy atom. The zero-order valence-corrected chi connectivity index (χ0v) is 10.8. The van der Waals surface area contributed by atoms with Crippen LogP contribution >= 0.6 is 11.5 Å². The number of hydrogen-bond acceptors (Lipinski definition) is 5. The van der Waals surface area contributed by atoms with Gasteiger partial charge in [0.15, 0.2) is 0 Å². The second-order valence-electron chi connectivity index (χ2n) is 3.39. The molecule has 1 N–H and O–H groups in total. The Morgan fingerprint density at radius 3 is 2.62 bits per heavy atom. The van der Waals surface area contributed by atoms with Crippen LogP contribution in [0.1, 0.15) is 26.1 Å². The fourth-order valence-electron chi connectivity index (χ4n) is 1.38. The number of rotatable bonds is 6. The fraction of sp³-hybridized carbons (Fsp3) is 0.700. The smallest absolute Gasteiger partial charge is 0.224 e. The largest absolute Gasteiger partial charge is 0.360 e. The number of anilines is 1. The monoisotopic (exact) mass is 242 g/mol. The highest BCUT2D eigenvalue weighted by Crippen LogP contribution is 2.09. The van der Waals surface area contributed by atoms with Gasteiger partial charge in [-0.25, -0.2) is 4.98 Å². The standard InChI is InChI=1S/C10H18N4OS/c1-4-14(5-2)9(15)6-7-11-10-12-8(3)13-16-10/h4-7H2,1-3H3,(H,11,12,13). The van der Waals surface area contributed by atoms with Crippen molar-refractivity contribution in [3.8, 4) is 0 Å². The number of amides is 1. The van der Waals surface area contributed by atoms with Crippen molar-refractivity contribution in [2.75, 3.05) is 25.0 Å².